The largest absolute Gasteiger partial charge is 0.338 e. The van der Waals surface area contributed by atoms with Gasteiger partial charge < -0.3 is 10.2 Å². The van der Waals surface area contributed by atoms with E-state index >= 15 is 0 Å². The second kappa shape index (κ2) is 6.27. The minimum Gasteiger partial charge on any atom is -0.338 e. The summed E-state index contributed by atoms with van der Waals surface area (Å²) < 4.78 is 0. The van der Waals surface area contributed by atoms with Crippen molar-refractivity contribution >= 4 is 23.1 Å². The highest BCUT2D eigenvalue weighted by Gasteiger charge is 2.31. The molecule has 2 aliphatic rings. The normalized spacial score (nSPS) is 22.8. The zero-order valence-electron chi connectivity index (χ0n) is 14.0. The number of aromatic nitrogens is 1. The first kappa shape index (κ1) is 15.2. The van der Waals surface area contributed by atoms with Crippen molar-refractivity contribution in [1.29, 1.82) is 0 Å². The molecule has 0 unspecified atom stereocenters. The number of para-hydroxylation sites is 2. The third-order valence-corrected chi connectivity index (χ3v) is 5.30. The lowest BCUT2D eigenvalue weighted by Gasteiger charge is -2.31. The van der Waals surface area contributed by atoms with E-state index in [0.29, 0.717) is 6.54 Å². The number of nitrogens with zero attached hydrogens (tertiary/aromatic N) is 2. The fourth-order valence-electron chi connectivity index (χ4n) is 3.80. The van der Waals surface area contributed by atoms with Gasteiger partial charge in [0.1, 0.15) is 5.82 Å². The number of rotatable bonds is 1. The number of hydrogen-bond donors (Lipinski definition) is 1. The number of anilines is 3. The lowest BCUT2D eigenvalue weighted by Crippen LogP contribution is -2.37. The molecule has 2 aromatic rings. The molecule has 4 rings (SSSR count). The average molecular weight is 321 g/mol. The summed E-state index contributed by atoms with van der Waals surface area (Å²) in [6.45, 7) is 2.87. The summed E-state index contributed by atoms with van der Waals surface area (Å²) in [5.74, 6) is 2.00. The van der Waals surface area contributed by atoms with Gasteiger partial charge in [-0.25, -0.2) is 4.98 Å². The van der Waals surface area contributed by atoms with Gasteiger partial charge in [0, 0.05) is 17.7 Å². The zero-order valence-corrected chi connectivity index (χ0v) is 14.0. The maximum atomic E-state index is 13.3. The van der Waals surface area contributed by atoms with Crippen LogP contribution in [0.15, 0.2) is 42.6 Å². The standard InChI is InChI=1S/C20H23N3O/c1-14-8-10-15(11-9-14)20(24)23-13-16-5-4-12-21-19(16)22-17-6-2-3-7-18(17)23/h2-7,12,14-15H,8-11,13H2,1H3,(H,21,22). The topological polar surface area (TPSA) is 45.2 Å². The van der Waals surface area contributed by atoms with E-state index in [4.69, 9.17) is 0 Å². The molecule has 2 heterocycles. The van der Waals surface area contributed by atoms with Gasteiger partial charge in [0.2, 0.25) is 5.91 Å². The van der Waals surface area contributed by atoms with Crippen LogP contribution >= 0.6 is 0 Å². The van der Waals surface area contributed by atoms with Crippen LogP contribution in [0.5, 0.6) is 0 Å². The molecule has 1 aliphatic heterocycles. The van der Waals surface area contributed by atoms with Crippen LogP contribution in [0.3, 0.4) is 0 Å². The molecule has 124 valence electrons. The Morgan fingerprint density at radius 3 is 2.75 bits per heavy atom. The minimum absolute atomic E-state index is 0.146. The highest BCUT2D eigenvalue weighted by Crippen LogP contribution is 2.37. The van der Waals surface area contributed by atoms with E-state index in [1.165, 1.54) is 0 Å². The Morgan fingerprint density at radius 1 is 1.12 bits per heavy atom. The summed E-state index contributed by atoms with van der Waals surface area (Å²) in [6, 6.07) is 12.0. The Kier molecular flexibility index (Phi) is 3.97. The van der Waals surface area contributed by atoms with E-state index in [0.717, 1.165) is 54.4 Å². The molecule has 1 amide bonds. The third-order valence-electron chi connectivity index (χ3n) is 5.30. The first-order valence-corrected chi connectivity index (χ1v) is 8.83. The molecule has 1 aliphatic carbocycles. The molecule has 1 N–H and O–H groups in total. The van der Waals surface area contributed by atoms with Gasteiger partial charge in [-0.1, -0.05) is 25.1 Å². The van der Waals surface area contributed by atoms with Gasteiger partial charge in [0.05, 0.1) is 17.9 Å². The lowest BCUT2D eigenvalue weighted by atomic mass is 9.82. The summed E-state index contributed by atoms with van der Waals surface area (Å²) in [6.07, 6.45) is 6.11. The smallest absolute Gasteiger partial charge is 0.230 e. The number of hydrogen-bond acceptors (Lipinski definition) is 3. The molecule has 0 radical (unpaired) electrons. The molecular formula is C20H23N3O. The van der Waals surface area contributed by atoms with Crippen molar-refractivity contribution in [3.05, 3.63) is 48.2 Å². The molecule has 0 bridgehead atoms. The van der Waals surface area contributed by atoms with Gasteiger partial charge >= 0.3 is 0 Å². The number of benzene rings is 1. The first-order chi connectivity index (χ1) is 11.7. The number of amides is 1. The summed E-state index contributed by atoms with van der Waals surface area (Å²) in [4.78, 5) is 19.7. The maximum absolute atomic E-state index is 13.3. The molecule has 0 saturated heterocycles. The Morgan fingerprint density at radius 2 is 1.92 bits per heavy atom. The predicted molar refractivity (Wildman–Crippen MR) is 96.3 cm³/mol. The molecule has 4 heteroatoms. The highest BCUT2D eigenvalue weighted by atomic mass is 16.2. The number of fused-ring (bicyclic) bond motifs is 2. The van der Waals surface area contributed by atoms with Crippen molar-refractivity contribution in [2.24, 2.45) is 11.8 Å². The second-order valence-corrected chi connectivity index (χ2v) is 7.03. The van der Waals surface area contributed by atoms with Crippen LogP contribution in [0.4, 0.5) is 17.2 Å². The summed E-state index contributed by atoms with van der Waals surface area (Å²) in [5.41, 5.74) is 2.97. The molecule has 1 aromatic heterocycles. The first-order valence-electron chi connectivity index (χ1n) is 8.83. The van der Waals surface area contributed by atoms with Crippen LogP contribution in [0.2, 0.25) is 0 Å². The van der Waals surface area contributed by atoms with Gasteiger partial charge in [-0.05, 0) is 49.8 Å². The SMILES string of the molecule is CC1CCC(C(=O)N2Cc3cccnc3Nc3ccccc32)CC1. The summed E-state index contributed by atoms with van der Waals surface area (Å²) in [7, 11) is 0. The van der Waals surface area contributed by atoms with Crippen LogP contribution in [0.1, 0.15) is 38.2 Å². The number of pyridine rings is 1. The predicted octanol–water partition coefficient (Wildman–Crippen LogP) is 4.50. The van der Waals surface area contributed by atoms with Gasteiger partial charge in [-0.15, -0.1) is 0 Å². The van der Waals surface area contributed by atoms with Crippen molar-refractivity contribution in [3.63, 3.8) is 0 Å². The molecule has 0 spiro atoms. The van der Waals surface area contributed by atoms with Crippen LogP contribution in [0.25, 0.3) is 0 Å². The van der Waals surface area contributed by atoms with Crippen LogP contribution in [-0.4, -0.2) is 10.9 Å². The Hall–Kier alpha value is -2.36. The van der Waals surface area contributed by atoms with E-state index in [1.807, 2.05) is 41.3 Å². The molecule has 1 saturated carbocycles. The fraction of sp³-hybridized carbons (Fsp3) is 0.400. The van der Waals surface area contributed by atoms with Crippen molar-refractivity contribution in [1.82, 2.24) is 4.98 Å². The Bertz CT molecular complexity index is 750. The third kappa shape index (κ3) is 2.77. The van der Waals surface area contributed by atoms with Crippen LogP contribution < -0.4 is 10.2 Å². The summed E-state index contributed by atoms with van der Waals surface area (Å²) >= 11 is 0. The summed E-state index contributed by atoms with van der Waals surface area (Å²) in [5, 5.41) is 3.39. The van der Waals surface area contributed by atoms with Gasteiger partial charge in [-0.3, -0.25) is 4.79 Å². The van der Waals surface area contributed by atoms with Crippen LogP contribution in [-0.2, 0) is 11.3 Å². The van der Waals surface area contributed by atoms with Gasteiger partial charge in [-0.2, -0.15) is 0 Å². The van der Waals surface area contributed by atoms with Crippen molar-refractivity contribution < 1.29 is 4.79 Å². The number of carbonyl (C=O) groups excluding carboxylic acids is 1. The average Bonchev–Trinajstić information content (AvgIpc) is 2.78. The van der Waals surface area contributed by atoms with Crippen molar-refractivity contribution in [2.75, 3.05) is 10.2 Å². The molecule has 1 aromatic carbocycles. The molecule has 0 atom stereocenters. The number of nitrogens with one attached hydrogen (secondary N) is 1. The quantitative estimate of drug-likeness (QED) is 0.841. The fourth-order valence-corrected chi connectivity index (χ4v) is 3.80. The van der Waals surface area contributed by atoms with Crippen LogP contribution in [0, 0.1) is 11.8 Å². The maximum Gasteiger partial charge on any atom is 0.230 e. The van der Waals surface area contributed by atoms with Gasteiger partial charge in [0.25, 0.3) is 0 Å². The van der Waals surface area contributed by atoms with Gasteiger partial charge in [0.15, 0.2) is 0 Å². The lowest BCUT2D eigenvalue weighted by molar-refractivity contribution is -0.123. The van der Waals surface area contributed by atoms with E-state index < -0.39 is 0 Å². The van der Waals surface area contributed by atoms with E-state index in [2.05, 4.69) is 17.2 Å². The Labute approximate surface area is 142 Å². The highest BCUT2D eigenvalue weighted by molar-refractivity contribution is 5.99. The zero-order chi connectivity index (χ0) is 16.5. The molecule has 24 heavy (non-hydrogen) atoms. The van der Waals surface area contributed by atoms with E-state index in [9.17, 15) is 4.79 Å². The molecular weight excluding hydrogens is 298 g/mol. The minimum atomic E-state index is 0.146. The Balaban J connectivity index is 1.70. The van der Waals surface area contributed by atoms with E-state index in [1.54, 1.807) is 6.20 Å². The molecule has 1 fully saturated rings. The second-order valence-electron chi connectivity index (χ2n) is 7.03. The molecule has 4 nitrogen and oxygen atoms in total. The van der Waals surface area contributed by atoms with Crippen molar-refractivity contribution in [3.8, 4) is 0 Å². The van der Waals surface area contributed by atoms with E-state index in [-0.39, 0.29) is 11.8 Å². The number of carbonyl (C=O) groups is 1. The van der Waals surface area contributed by atoms with Crippen molar-refractivity contribution in [2.45, 2.75) is 39.2 Å². The monoisotopic (exact) mass is 321 g/mol.